The summed E-state index contributed by atoms with van der Waals surface area (Å²) in [5.41, 5.74) is 11.6. The van der Waals surface area contributed by atoms with E-state index in [2.05, 4.69) is 24.3 Å². The Bertz CT molecular complexity index is 1110. The summed E-state index contributed by atoms with van der Waals surface area (Å²) >= 11 is 1.13. The SMILES string of the molecule is Nc1c(C(=O)O)sc2c1CN(C(=O)OCC1c3ccccc3-c3ccccc31)C2. The molecule has 1 aliphatic carbocycles. The molecule has 1 aromatic heterocycles. The third kappa shape index (κ3) is 2.77. The molecule has 2 heterocycles. The van der Waals surface area contributed by atoms with E-state index >= 15 is 0 Å². The van der Waals surface area contributed by atoms with Crippen molar-refractivity contribution in [1.29, 1.82) is 0 Å². The van der Waals surface area contributed by atoms with E-state index in [1.807, 2.05) is 24.3 Å². The van der Waals surface area contributed by atoms with Gasteiger partial charge < -0.3 is 15.6 Å². The molecule has 3 aromatic rings. The number of thiophene rings is 1. The first-order valence-corrected chi connectivity index (χ1v) is 10.1. The molecule has 0 saturated carbocycles. The van der Waals surface area contributed by atoms with Crippen molar-refractivity contribution in [2.24, 2.45) is 0 Å². The first-order chi connectivity index (χ1) is 14.0. The number of amides is 1. The molecule has 0 unspecified atom stereocenters. The van der Waals surface area contributed by atoms with Gasteiger partial charge in [-0.1, -0.05) is 48.5 Å². The van der Waals surface area contributed by atoms with Gasteiger partial charge in [-0.3, -0.25) is 4.90 Å². The Hall–Kier alpha value is -3.32. The minimum Gasteiger partial charge on any atom is -0.477 e. The molecule has 29 heavy (non-hydrogen) atoms. The van der Waals surface area contributed by atoms with Crippen LogP contribution < -0.4 is 5.73 Å². The van der Waals surface area contributed by atoms with E-state index in [1.165, 1.54) is 11.1 Å². The topological polar surface area (TPSA) is 92.9 Å². The number of hydrogen-bond acceptors (Lipinski definition) is 5. The molecule has 1 aliphatic heterocycles. The average molecular weight is 406 g/mol. The molecular weight excluding hydrogens is 388 g/mol. The molecule has 0 fully saturated rings. The Morgan fingerprint density at radius 3 is 2.28 bits per heavy atom. The maximum Gasteiger partial charge on any atom is 0.410 e. The standard InChI is InChI=1S/C22H18N2O4S/c23-19-16-9-24(10-18(16)29-20(19)21(25)26)22(27)28-11-17-14-7-3-1-5-12(14)13-6-2-4-8-15(13)17/h1-8,17H,9-11,23H2,(H,25,26). The number of nitrogen functional groups attached to an aromatic ring is 1. The van der Waals surface area contributed by atoms with Gasteiger partial charge >= 0.3 is 12.1 Å². The molecule has 6 nitrogen and oxygen atoms in total. The molecule has 146 valence electrons. The molecule has 0 spiro atoms. The molecule has 1 amide bonds. The molecule has 7 heteroatoms. The lowest BCUT2D eigenvalue weighted by Gasteiger charge is -2.19. The highest BCUT2D eigenvalue weighted by Gasteiger charge is 2.33. The van der Waals surface area contributed by atoms with Gasteiger partial charge in [0.1, 0.15) is 11.5 Å². The second kappa shape index (κ2) is 6.63. The summed E-state index contributed by atoms with van der Waals surface area (Å²) in [4.78, 5) is 26.4. The van der Waals surface area contributed by atoms with E-state index in [9.17, 15) is 14.7 Å². The second-order valence-electron chi connectivity index (χ2n) is 7.21. The predicted molar refractivity (Wildman–Crippen MR) is 110 cm³/mol. The van der Waals surface area contributed by atoms with E-state index in [1.54, 1.807) is 4.90 Å². The van der Waals surface area contributed by atoms with Crippen LogP contribution in [-0.2, 0) is 17.8 Å². The van der Waals surface area contributed by atoms with Crippen LogP contribution in [0.5, 0.6) is 0 Å². The molecule has 3 N–H and O–H groups in total. The molecule has 5 rings (SSSR count). The van der Waals surface area contributed by atoms with Crippen molar-refractivity contribution < 1.29 is 19.4 Å². The summed E-state index contributed by atoms with van der Waals surface area (Å²) in [7, 11) is 0. The predicted octanol–water partition coefficient (Wildman–Crippen LogP) is 4.29. The Balaban J connectivity index is 1.31. The number of benzene rings is 2. The fraction of sp³-hybridized carbons (Fsp3) is 0.182. The third-order valence-corrected chi connectivity index (χ3v) is 6.82. The van der Waals surface area contributed by atoms with E-state index in [0.717, 1.165) is 32.9 Å². The van der Waals surface area contributed by atoms with Crippen molar-refractivity contribution in [2.45, 2.75) is 19.0 Å². The van der Waals surface area contributed by atoms with Crippen molar-refractivity contribution in [3.05, 3.63) is 75.0 Å². The van der Waals surface area contributed by atoms with Gasteiger partial charge in [-0.25, -0.2) is 9.59 Å². The van der Waals surface area contributed by atoms with Crippen LogP contribution in [0, 0.1) is 0 Å². The van der Waals surface area contributed by atoms with Crippen LogP contribution in [0.2, 0.25) is 0 Å². The van der Waals surface area contributed by atoms with Crippen LogP contribution >= 0.6 is 11.3 Å². The number of nitrogens with two attached hydrogens (primary N) is 1. The smallest absolute Gasteiger partial charge is 0.410 e. The lowest BCUT2D eigenvalue weighted by molar-refractivity contribution is 0.0703. The van der Waals surface area contributed by atoms with Crippen LogP contribution in [0.25, 0.3) is 11.1 Å². The fourth-order valence-electron chi connectivity index (χ4n) is 4.22. The number of carboxylic acid groups (broad SMARTS) is 1. The molecule has 2 aliphatic rings. The van der Waals surface area contributed by atoms with Gasteiger partial charge in [-0.2, -0.15) is 0 Å². The summed E-state index contributed by atoms with van der Waals surface area (Å²) in [5.74, 6) is -1.03. The molecule has 0 saturated heterocycles. The van der Waals surface area contributed by atoms with Crippen molar-refractivity contribution in [3.63, 3.8) is 0 Å². The monoisotopic (exact) mass is 406 g/mol. The summed E-state index contributed by atoms with van der Waals surface area (Å²) in [6, 6.07) is 16.4. The molecule has 0 atom stereocenters. The van der Waals surface area contributed by atoms with Gasteiger partial charge in [-0.15, -0.1) is 11.3 Å². The number of carbonyl (C=O) groups is 2. The number of carboxylic acids is 1. The fourth-order valence-corrected chi connectivity index (χ4v) is 5.31. The first kappa shape index (κ1) is 17.8. The number of fused-ring (bicyclic) bond motifs is 4. The molecule has 0 radical (unpaired) electrons. The van der Waals surface area contributed by atoms with Crippen LogP contribution in [0.1, 0.15) is 37.2 Å². The highest BCUT2D eigenvalue weighted by atomic mass is 32.1. The van der Waals surface area contributed by atoms with Crippen molar-refractivity contribution in [2.75, 3.05) is 12.3 Å². The van der Waals surface area contributed by atoms with E-state index in [-0.39, 0.29) is 29.6 Å². The third-order valence-electron chi connectivity index (χ3n) is 5.60. The Labute approximate surface area is 171 Å². The normalized spacial score (nSPS) is 14.4. The largest absolute Gasteiger partial charge is 0.477 e. The van der Waals surface area contributed by atoms with Gasteiger partial charge in [0, 0.05) is 16.4 Å². The lowest BCUT2D eigenvalue weighted by atomic mass is 9.98. The maximum atomic E-state index is 12.7. The number of rotatable bonds is 3. The molecular formula is C22H18N2O4S. The number of hydrogen-bond donors (Lipinski definition) is 2. The maximum absolute atomic E-state index is 12.7. The summed E-state index contributed by atoms with van der Waals surface area (Å²) in [6.07, 6.45) is -0.411. The Morgan fingerprint density at radius 2 is 1.69 bits per heavy atom. The van der Waals surface area contributed by atoms with Gasteiger partial charge in [-0.05, 0) is 22.3 Å². The molecule has 0 bridgehead atoms. The summed E-state index contributed by atoms with van der Waals surface area (Å²) in [5, 5.41) is 9.19. The van der Waals surface area contributed by atoms with Gasteiger partial charge in [0.25, 0.3) is 0 Å². The first-order valence-electron chi connectivity index (χ1n) is 9.28. The molecule has 2 aromatic carbocycles. The highest BCUT2D eigenvalue weighted by molar-refractivity contribution is 7.14. The Kier molecular flexibility index (Phi) is 4.06. The van der Waals surface area contributed by atoms with Gasteiger partial charge in [0.15, 0.2) is 0 Å². The lowest BCUT2D eigenvalue weighted by Crippen LogP contribution is -2.28. The van der Waals surface area contributed by atoms with Crippen molar-refractivity contribution in [3.8, 4) is 11.1 Å². The van der Waals surface area contributed by atoms with Crippen LogP contribution in [0.4, 0.5) is 10.5 Å². The summed E-state index contributed by atoms with van der Waals surface area (Å²) < 4.78 is 5.68. The number of carbonyl (C=O) groups excluding carboxylic acids is 1. The number of aromatic carboxylic acids is 1. The Morgan fingerprint density at radius 1 is 1.07 bits per heavy atom. The zero-order valence-electron chi connectivity index (χ0n) is 15.4. The van der Waals surface area contributed by atoms with Crippen molar-refractivity contribution >= 4 is 29.1 Å². The van der Waals surface area contributed by atoms with Gasteiger partial charge in [0.05, 0.1) is 18.8 Å². The van der Waals surface area contributed by atoms with Gasteiger partial charge in [0.2, 0.25) is 0 Å². The second-order valence-corrected chi connectivity index (χ2v) is 8.32. The van der Waals surface area contributed by atoms with Crippen LogP contribution in [-0.4, -0.2) is 28.7 Å². The van der Waals surface area contributed by atoms with E-state index in [0.29, 0.717) is 6.54 Å². The minimum atomic E-state index is -1.03. The minimum absolute atomic E-state index is 0.00622. The average Bonchev–Trinajstić information content (AvgIpc) is 3.37. The van der Waals surface area contributed by atoms with Crippen LogP contribution in [0.3, 0.4) is 0 Å². The summed E-state index contributed by atoms with van der Waals surface area (Å²) in [6.45, 7) is 0.864. The number of nitrogens with zero attached hydrogens (tertiary/aromatic N) is 1. The zero-order chi connectivity index (χ0) is 20.1. The van der Waals surface area contributed by atoms with E-state index < -0.39 is 12.1 Å². The van der Waals surface area contributed by atoms with E-state index in [4.69, 9.17) is 10.5 Å². The number of anilines is 1. The zero-order valence-corrected chi connectivity index (χ0v) is 16.2. The quantitative estimate of drug-likeness (QED) is 0.677. The van der Waals surface area contributed by atoms with Crippen molar-refractivity contribution in [1.82, 2.24) is 4.90 Å². The van der Waals surface area contributed by atoms with Crippen LogP contribution in [0.15, 0.2) is 48.5 Å². The number of ether oxygens (including phenoxy) is 1. The highest BCUT2D eigenvalue weighted by Crippen LogP contribution is 2.44.